The first-order chi connectivity index (χ1) is 11.3. The lowest BCUT2D eigenvalue weighted by molar-refractivity contribution is -0.146. The van der Waals surface area contributed by atoms with Crippen LogP contribution in [-0.2, 0) is 14.3 Å². The summed E-state index contributed by atoms with van der Waals surface area (Å²) < 4.78 is 4.82. The number of hydrogen-bond donors (Lipinski definition) is 1. The van der Waals surface area contributed by atoms with Crippen LogP contribution in [0.1, 0.15) is 33.1 Å². The molecule has 0 aromatic rings. The van der Waals surface area contributed by atoms with Crippen molar-refractivity contribution in [1.29, 1.82) is 0 Å². The lowest BCUT2D eigenvalue weighted by Crippen LogP contribution is -2.49. The highest BCUT2D eigenvalue weighted by Gasteiger charge is 2.30. The number of hydrogen-bond acceptors (Lipinski definition) is 4. The molecule has 138 valence electrons. The number of rotatable bonds is 6. The van der Waals surface area contributed by atoms with Crippen LogP contribution in [0.25, 0.3) is 0 Å². The molecule has 2 atom stereocenters. The van der Waals surface area contributed by atoms with Crippen LogP contribution in [-0.4, -0.2) is 68.5 Å². The van der Waals surface area contributed by atoms with Crippen LogP contribution >= 0.6 is 0 Å². The third-order valence-electron chi connectivity index (χ3n) is 4.26. The summed E-state index contributed by atoms with van der Waals surface area (Å²) in [7, 11) is 4.78. The molecule has 7 heteroatoms. The van der Waals surface area contributed by atoms with Crippen LogP contribution in [0.4, 0.5) is 4.79 Å². The summed E-state index contributed by atoms with van der Waals surface area (Å²) in [6.45, 7) is 5.45. The average molecular weight is 341 g/mol. The van der Waals surface area contributed by atoms with Crippen molar-refractivity contribution in [1.82, 2.24) is 15.1 Å². The van der Waals surface area contributed by atoms with E-state index in [0.29, 0.717) is 25.4 Å². The highest BCUT2D eigenvalue weighted by atomic mass is 16.5. The molecule has 3 amide bonds. The predicted molar refractivity (Wildman–Crippen MR) is 91.4 cm³/mol. The Morgan fingerprint density at radius 1 is 1.29 bits per heavy atom. The van der Waals surface area contributed by atoms with Gasteiger partial charge >= 0.3 is 12.0 Å². The summed E-state index contributed by atoms with van der Waals surface area (Å²) >= 11 is 0. The van der Waals surface area contributed by atoms with Crippen molar-refractivity contribution in [2.75, 3.05) is 40.8 Å². The Labute approximate surface area is 144 Å². The second-order valence-corrected chi connectivity index (χ2v) is 7.06. The minimum atomic E-state index is -0.331. The SMILES string of the molecule is COC(=O)C(CNC(=O)C1CCCN(C(=O)N(C)C)C1)CC(C)C. The third-order valence-corrected chi connectivity index (χ3v) is 4.26. The number of nitrogens with zero attached hydrogens (tertiary/aromatic N) is 2. The van der Waals surface area contributed by atoms with Crippen LogP contribution in [0.2, 0.25) is 0 Å². The molecular formula is C17H31N3O4. The number of ether oxygens (including phenoxy) is 1. The fourth-order valence-electron chi connectivity index (χ4n) is 3.01. The average Bonchev–Trinajstić information content (AvgIpc) is 2.56. The molecule has 0 bridgehead atoms. The highest BCUT2D eigenvalue weighted by molar-refractivity contribution is 5.81. The predicted octanol–water partition coefficient (Wildman–Crippen LogP) is 1.33. The second kappa shape index (κ2) is 9.49. The van der Waals surface area contributed by atoms with Crippen molar-refractivity contribution in [3.8, 4) is 0 Å². The molecule has 0 spiro atoms. The number of piperidine rings is 1. The Kier molecular flexibility index (Phi) is 8.01. The summed E-state index contributed by atoms with van der Waals surface area (Å²) in [5, 5.41) is 2.87. The van der Waals surface area contributed by atoms with Gasteiger partial charge in [0.2, 0.25) is 5.91 Å². The van der Waals surface area contributed by atoms with E-state index < -0.39 is 0 Å². The molecule has 0 aromatic carbocycles. The molecule has 0 aromatic heterocycles. The summed E-state index contributed by atoms with van der Waals surface area (Å²) in [6, 6.07) is -0.0697. The molecule has 1 heterocycles. The minimum Gasteiger partial charge on any atom is -0.469 e. The molecule has 1 fully saturated rings. The van der Waals surface area contributed by atoms with E-state index in [1.807, 2.05) is 13.8 Å². The first-order valence-corrected chi connectivity index (χ1v) is 8.58. The number of nitrogens with one attached hydrogen (secondary N) is 1. The number of methoxy groups -OCH3 is 1. The normalized spacial score (nSPS) is 18.9. The molecule has 1 N–H and O–H groups in total. The van der Waals surface area contributed by atoms with Crippen LogP contribution < -0.4 is 5.32 Å². The Morgan fingerprint density at radius 2 is 1.96 bits per heavy atom. The Balaban J connectivity index is 2.56. The summed E-state index contributed by atoms with van der Waals surface area (Å²) in [5.41, 5.74) is 0. The third kappa shape index (κ3) is 6.02. The van der Waals surface area contributed by atoms with Gasteiger partial charge in [-0.05, 0) is 25.2 Å². The molecule has 1 rings (SSSR count). The fourth-order valence-corrected chi connectivity index (χ4v) is 3.01. The summed E-state index contributed by atoms with van der Waals surface area (Å²) in [6.07, 6.45) is 2.24. The van der Waals surface area contributed by atoms with Gasteiger partial charge in [0.05, 0.1) is 18.9 Å². The molecule has 1 aliphatic rings. The zero-order valence-corrected chi connectivity index (χ0v) is 15.5. The van der Waals surface area contributed by atoms with Gasteiger partial charge in [0, 0.05) is 33.7 Å². The number of amides is 3. The van der Waals surface area contributed by atoms with Crippen molar-refractivity contribution >= 4 is 17.9 Å². The highest BCUT2D eigenvalue weighted by Crippen LogP contribution is 2.18. The van der Waals surface area contributed by atoms with E-state index in [1.54, 1.807) is 19.0 Å². The van der Waals surface area contributed by atoms with E-state index in [9.17, 15) is 14.4 Å². The number of carbonyl (C=O) groups excluding carboxylic acids is 3. The maximum atomic E-state index is 12.4. The molecule has 1 saturated heterocycles. The van der Waals surface area contributed by atoms with Gasteiger partial charge in [-0.15, -0.1) is 0 Å². The monoisotopic (exact) mass is 341 g/mol. The maximum absolute atomic E-state index is 12.4. The smallest absolute Gasteiger partial charge is 0.319 e. The van der Waals surface area contributed by atoms with Gasteiger partial charge in [-0.1, -0.05) is 13.8 Å². The standard InChI is InChI=1S/C17H31N3O4/c1-12(2)9-14(16(22)24-5)10-18-15(21)13-7-6-8-20(11-13)17(23)19(3)4/h12-14H,6-11H2,1-5H3,(H,18,21). The van der Waals surface area contributed by atoms with Gasteiger partial charge in [-0.2, -0.15) is 0 Å². The van der Waals surface area contributed by atoms with E-state index in [4.69, 9.17) is 4.74 Å². The van der Waals surface area contributed by atoms with Gasteiger partial charge in [0.15, 0.2) is 0 Å². The van der Waals surface area contributed by atoms with Gasteiger partial charge < -0.3 is 19.9 Å². The van der Waals surface area contributed by atoms with Crippen molar-refractivity contribution in [2.45, 2.75) is 33.1 Å². The number of urea groups is 1. The van der Waals surface area contributed by atoms with Crippen LogP contribution in [0.3, 0.4) is 0 Å². The molecule has 0 radical (unpaired) electrons. The van der Waals surface area contributed by atoms with E-state index in [0.717, 1.165) is 12.8 Å². The van der Waals surface area contributed by atoms with Crippen molar-refractivity contribution in [3.63, 3.8) is 0 Å². The second-order valence-electron chi connectivity index (χ2n) is 7.06. The topological polar surface area (TPSA) is 79.0 Å². The Morgan fingerprint density at radius 3 is 2.50 bits per heavy atom. The van der Waals surface area contributed by atoms with Gasteiger partial charge in [0.1, 0.15) is 0 Å². The van der Waals surface area contributed by atoms with E-state index in [2.05, 4.69) is 5.32 Å². The molecule has 7 nitrogen and oxygen atoms in total. The van der Waals surface area contributed by atoms with Crippen molar-refractivity contribution in [3.05, 3.63) is 0 Å². The summed E-state index contributed by atoms with van der Waals surface area (Å²) in [4.78, 5) is 39.5. The molecule has 0 saturated carbocycles. The molecule has 24 heavy (non-hydrogen) atoms. The molecule has 0 aliphatic carbocycles. The van der Waals surface area contributed by atoms with Crippen molar-refractivity contribution < 1.29 is 19.1 Å². The van der Waals surface area contributed by atoms with E-state index in [1.165, 1.54) is 12.0 Å². The van der Waals surface area contributed by atoms with Crippen LogP contribution in [0.15, 0.2) is 0 Å². The largest absolute Gasteiger partial charge is 0.469 e. The lowest BCUT2D eigenvalue weighted by atomic mass is 9.95. The first kappa shape index (κ1) is 20.3. The van der Waals surface area contributed by atoms with Crippen LogP contribution in [0.5, 0.6) is 0 Å². The quantitative estimate of drug-likeness (QED) is 0.739. The van der Waals surface area contributed by atoms with Gasteiger partial charge in [0.25, 0.3) is 0 Å². The fraction of sp³-hybridized carbons (Fsp3) is 0.824. The zero-order valence-electron chi connectivity index (χ0n) is 15.5. The van der Waals surface area contributed by atoms with Gasteiger partial charge in [-0.25, -0.2) is 4.79 Å². The minimum absolute atomic E-state index is 0.0697. The Bertz CT molecular complexity index is 451. The lowest BCUT2D eigenvalue weighted by Gasteiger charge is -2.33. The van der Waals surface area contributed by atoms with E-state index >= 15 is 0 Å². The zero-order chi connectivity index (χ0) is 18.3. The molecular weight excluding hydrogens is 310 g/mol. The first-order valence-electron chi connectivity index (χ1n) is 8.58. The number of likely N-dealkylation sites (tertiary alicyclic amines) is 1. The Hall–Kier alpha value is -1.79. The number of esters is 1. The van der Waals surface area contributed by atoms with Gasteiger partial charge in [-0.3, -0.25) is 9.59 Å². The maximum Gasteiger partial charge on any atom is 0.319 e. The van der Waals surface area contributed by atoms with Crippen LogP contribution in [0, 0.1) is 17.8 Å². The molecule has 2 unspecified atom stereocenters. The summed E-state index contributed by atoms with van der Waals surface area (Å²) in [5.74, 6) is -0.600. The molecule has 1 aliphatic heterocycles. The van der Waals surface area contributed by atoms with E-state index in [-0.39, 0.29) is 36.3 Å². The van der Waals surface area contributed by atoms with Crippen molar-refractivity contribution in [2.24, 2.45) is 17.8 Å². The number of carbonyl (C=O) groups is 3.